The molecule has 1 N–H and O–H groups in total. The molecule has 1 amide bonds. The predicted octanol–water partition coefficient (Wildman–Crippen LogP) is 3.89. The second-order valence-corrected chi connectivity index (χ2v) is 8.00. The van der Waals surface area contributed by atoms with Crippen molar-refractivity contribution >= 4 is 28.9 Å². The largest absolute Gasteiger partial charge is 0.465 e. The number of aromatic nitrogens is 3. The van der Waals surface area contributed by atoms with Crippen molar-refractivity contribution in [2.24, 2.45) is 12.5 Å². The number of fused-ring (bicyclic) bond motifs is 1. The molecule has 7 heteroatoms. The number of carbonyl (C=O) groups is 1. The number of likely N-dealkylation sites (tertiary alicyclic amines) is 1. The van der Waals surface area contributed by atoms with E-state index in [1.807, 2.05) is 13.1 Å². The molecule has 0 aromatic carbocycles. The van der Waals surface area contributed by atoms with Gasteiger partial charge >= 0.3 is 6.09 Å². The van der Waals surface area contributed by atoms with Crippen molar-refractivity contribution in [2.45, 2.75) is 45.6 Å². The van der Waals surface area contributed by atoms with E-state index >= 15 is 0 Å². The van der Waals surface area contributed by atoms with Gasteiger partial charge in [-0.3, -0.25) is 0 Å². The van der Waals surface area contributed by atoms with Crippen LogP contribution >= 0.6 is 11.6 Å². The molecule has 0 saturated carbocycles. The fraction of sp³-hybridized carbons (Fsp3) is 0.588. The van der Waals surface area contributed by atoms with Gasteiger partial charge in [0.2, 0.25) is 0 Å². The van der Waals surface area contributed by atoms with Gasteiger partial charge < -0.3 is 14.6 Å². The summed E-state index contributed by atoms with van der Waals surface area (Å²) in [6, 6.07) is 2.02. The maximum absolute atomic E-state index is 11.6. The highest BCUT2D eigenvalue weighted by Crippen LogP contribution is 2.39. The van der Waals surface area contributed by atoms with Crippen LogP contribution in [0.3, 0.4) is 0 Å². The Labute approximate surface area is 146 Å². The average Bonchev–Trinajstić information content (AvgIpc) is 2.82. The number of aryl methyl sites for hydroxylation is 1. The van der Waals surface area contributed by atoms with E-state index in [-0.39, 0.29) is 17.4 Å². The molecule has 2 unspecified atom stereocenters. The Kier molecular flexibility index (Phi) is 4.20. The van der Waals surface area contributed by atoms with Crippen molar-refractivity contribution < 1.29 is 9.90 Å². The van der Waals surface area contributed by atoms with Gasteiger partial charge in [-0.25, -0.2) is 14.8 Å². The van der Waals surface area contributed by atoms with E-state index in [4.69, 9.17) is 11.6 Å². The van der Waals surface area contributed by atoms with Crippen LogP contribution in [0.2, 0.25) is 5.15 Å². The molecular formula is C17H23ClN4O2. The Hall–Kier alpha value is -1.82. The monoisotopic (exact) mass is 350 g/mol. The Bertz CT molecular complexity index is 781. The minimum Gasteiger partial charge on any atom is -0.465 e. The van der Waals surface area contributed by atoms with Crippen LogP contribution in [0.25, 0.3) is 11.2 Å². The smallest absolute Gasteiger partial charge is 0.407 e. The van der Waals surface area contributed by atoms with E-state index in [0.717, 1.165) is 29.7 Å². The summed E-state index contributed by atoms with van der Waals surface area (Å²) in [7, 11) is 1.98. The summed E-state index contributed by atoms with van der Waals surface area (Å²) in [4.78, 5) is 21.9. The van der Waals surface area contributed by atoms with Crippen molar-refractivity contribution in [2.75, 3.05) is 6.54 Å². The molecule has 0 aliphatic carbocycles. The summed E-state index contributed by atoms with van der Waals surface area (Å²) < 4.78 is 2.06. The topological polar surface area (TPSA) is 71.2 Å². The van der Waals surface area contributed by atoms with Crippen molar-refractivity contribution in [3.8, 4) is 0 Å². The second kappa shape index (κ2) is 5.92. The van der Waals surface area contributed by atoms with E-state index in [2.05, 4.69) is 35.3 Å². The summed E-state index contributed by atoms with van der Waals surface area (Å²) in [5, 5.41) is 9.90. The van der Waals surface area contributed by atoms with E-state index in [9.17, 15) is 9.90 Å². The number of rotatable bonds is 1. The van der Waals surface area contributed by atoms with Gasteiger partial charge in [0.25, 0.3) is 0 Å². The molecule has 1 aliphatic heterocycles. The summed E-state index contributed by atoms with van der Waals surface area (Å²) in [6.45, 7) is 6.84. The van der Waals surface area contributed by atoms with Crippen LogP contribution in [-0.2, 0) is 7.05 Å². The van der Waals surface area contributed by atoms with Crippen LogP contribution in [-0.4, -0.2) is 43.2 Å². The van der Waals surface area contributed by atoms with Gasteiger partial charge in [0, 0.05) is 31.2 Å². The third-order valence-corrected chi connectivity index (χ3v) is 5.19. The number of halogens is 1. The summed E-state index contributed by atoms with van der Waals surface area (Å²) >= 11 is 5.95. The summed E-state index contributed by atoms with van der Waals surface area (Å²) in [5.74, 6) is 0.282. The van der Waals surface area contributed by atoms with Crippen LogP contribution in [0, 0.1) is 5.41 Å². The second-order valence-electron chi connectivity index (χ2n) is 7.61. The lowest BCUT2D eigenvalue weighted by Gasteiger charge is -2.44. The molecule has 0 spiro atoms. The van der Waals surface area contributed by atoms with Crippen LogP contribution < -0.4 is 0 Å². The molecule has 6 nitrogen and oxygen atoms in total. The first kappa shape index (κ1) is 17.0. The van der Waals surface area contributed by atoms with Gasteiger partial charge in [0.1, 0.15) is 10.7 Å². The van der Waals surface area contributed by atoms with E-state index < -0.39 is 6.09 Å². The molecule has 0 radical (unpaired) electrons. The molecule has 130 valence electrons. The van der Waals surface area contributed by atoms with E-state index in [1.165, 1.54) is 0 Å². The minimum atomic E-state index is -0.833. The van der Waals surface area contributed by atoms with Crippen LogP contribution in [0.4, 0.5) is 4.79 Å². The molecule has 2 aromatic heterocycles. The molecular weight excluding hydrogens is 328 g/mol. The molecule has 2 atom stereocenters. The number of piperidine rings is 1. The fourth-order valence-electron chi connectivity index (χ4n) is 3.76. The molecule has 0 bridgehead atoms. The molecule has 2 aromatic rings. The zero-order valence-electron chi connectivity index (χ0n) is 14.5. The highest BCUT2D eigenvalue weighted by Gasteiger charge is 2.39. The summed E-state index contributed by atoms with van der Waals surface area (Å²) in [5.41, 5.74) is 2.63. The lowest BCUT2D eigenvalue weighted by molar-refractivity contribution is 0.0518. The molecule has 24 heavy (non-hydrogen) atoms. The Morgan fingerprint density at radius 2 is 2.12 bits per heavy atom. The number of hydrogen-bond donors (Lipinski definition) is 1. The first-order chi connectivity index (χ1) is 11.2. The lowest BCUT2D eigenvalue weighted by Crippen LogP contribution is -2.51. The Balaban J connectivity index is 1.96. The quantitative estimate of drug-likeness (QED) is 0.846. The van der Waals surface area contributed by atoms with E-state index in [0.29, 0.717) is 11.7 Å². The SMILES string of the molecule is Cn1c(C2CCN(C(=O)O)C(C(C)(C)C)C2)cc2nc(Cl)cnc21. The number of carboxylic acid groups (broad SMARTS) is 1. The maximum atomic E-state index is 11.6. The van der Waals surface area contributed by atoms with Crippen molar-refractivity contribution in [3.05, 3.63) is 23.1 Å². The van der Waals surface area contributed by atoms with Gasteiger partial charge in [-0.1, -0.05) is 32.4 Å². The van der Waals surface area contributed by atoms with Crippen molar-refractivity contribution in [1.29, 1.82) is 0 Å². The Morgan fingerprint density at radius 1 is 1.42 bits per heavy atom. The lowest BCUT2D eigenvalue weighted by atomic mass is 9.76. The van der Waals surface area contributed by atoms with Gasteiger partial charge in [-0.05, 0) is 24.3 Å². The van der Waals surface area contributed by atoms with Gasteiger partial charge in [0.05, 0.1) is 6.20 Å². The standard InChI is InChI=1S/C17H23ClN4O2/c1-17(2,3)13-7-10(5-6-22(13)16(23)24)12-8-11-15(21(12)4)19-9-14(18)20-11/h8-10,13H,5-7H2,1-4H3,(H,23,24). The zero-order chi connectivity index (χ0) is 17.6. The fourth-order valence-corrected chi connectivity index (χ4v) is 3.90. The Morgan fingerprint density at radius 3 is 2.75 bits per heavy atom. The molecule has 1 aliphatic rings. The van der Waals surface area contributed by atoms with Gasteiger partial charge in [0.15, 0.2) is 5.65 Å². The first-order valence-electron chi connectivity index (χ1n) is 8.16. The number of hydrogen-bond acceptors (Lipinski definition) is 3. The average molecular weight is 351 g/mol. The summed E-state index contributed by atoms with van der Waals surface area (Å²) in [6.07, 6.45) is 2.32. The highest BCUT2D eigenvalue weighted by molar-refractivity contribution is 6.29. The van der Waals surface area contributed by atoms with Gasteiger partial charge in [-0.2, -0.15) is 0 Å². The highest BCUT2D eigenvalue weighted by atomic mass is 35.5. The number of amides is 1. The predicted molar refractivity (Wildman–Crippen MR) is 93.5 cm³/mol. The third-order valence-electron chi connectivity index (χ3n) is 5.01. The molecule has 1 fully saturated rings. The molecule has 1 saturated heterocycles. The van der Waals surface area contributed by atoms with E-state index in [1.54, 1.807) is 11.1 Å². The molecule has 3 rings (SSSR count). The van der Waals surface area contributed by atoms with Gasteiger partial charge in [-0.15, -0.1) is 0 Å². The normalized spacial score (nSPS) is 22.1. The van der Waals surface area contributed by atoms with Crippen LogP contribution in [0.15, 0.2) is 12.3 Å². The maximum Gasteiger partial charge on any atom is 0.407 e. The first-order valence-corrected chi connectivity index (χ1v) is 8.53. The van der Waals surface area contributed by atoms with Crippen LogP contribution in [0.5, 0.6) is 0 Å². The van der Waals surface area contributed by atoms with Crippen molar-refractivity contribution in [1.82, 2.24) is 19.4 Å². The van der Waals surface area contributed by atoms with Crippen LogP contribution in [0.1, 0.15) is 45.2 Å². The molecule has 3 heterocycles. The minimum absolute atomic E-state index is 0.0173. The third kappa shape index (κ3) is 2.95. The zero-order valence-corrected chi connectivity index (χ0v) is 15.2. The number of nitrogens with zero attached hydrogens (tertiary/aromatic N) is 4. The van der Waals surface area contributed by atoms with Crippen molar-refractivity contribution in [3.63, 3.8) is 0 Å².